The number of aromatic carboxylic acids is 1. The Hall–Kier alpha value is -3.35. The Morgan fingerprint density at radius 3 is 2.77 bits per heavy atom. The maximum atomic E-state index is 12.6. The third kappa shape index (κ3) is 3.51. The van der Waals surface area contributed by atoms with Crippen LogP contribution >= 0.6 is 0 Å². The molecule has 1 heterocycles. The predicted molar refractivity (Wildman–Crippen MR) is 94.2 cm³/mol. The SMILES string of the molecule is COc1ccc(CNC(=O)[C@@H]2CC(=O)Nc3ccccc32)cc1C(=O)O. The van der Waals surface area contributed by atoms with Crippen LogP contribution in [0.2, 0.25) is 0 Å². The van der Waals surface area contributed by atoms with Crippen LogP contribution in [-0.4, -0.2) is 30.0 Å². The Morgan fingerprint density at radius 1 is 1.27 bits per heavy atom. The number of carboxylic acids is 1. The van der Waals surface area contributed by atoms with E-state index < -0.39 is 11.9 Å². The number of benzene rings is 2. The molecule has 2 aromatic carbocycles. The molecular weight excluding hydrogens is 336 g/mol. The quantitative estimate of drug-likeness (QED) is 0.763. The summed E-state index contributed by atoms with van der Waals surface area (Å²) in [5, 5.41) is 14.8. The molecule has 0 fully saturated rings. The number of carbonyl (C=O) groups is 3. The Balaban J connectivity index is 1.75. The molecule has 0 bridgehead atoms. The van der Waals surface area contributed by atoms with Crippen LogP contribution in [0, 0.1) is 0 Å². The first kappa shape index (κ1) is 17.5. The molecule has 1 aliphatic rings. The van der Waals surface area contributed by atoms with Gasteiger partial charge in [-0.2, -0.15) is 0 Å². The first-order chi connectivity index (χ1) is 12.5. The number of carboxylic acid groups (broad SMARTS) is 1. The lowest BCUT2D eigenvalue weighted by molar-refractivity contribution is -0.126. The van der Waals surface area contributed by atoms with Crippen molar-refractivity contribution in [3.8, 4) is 5.75 Å². The van der Waals surface area contributed by atoms with Crippen molar-refractivity contribution in [3.63, 3.8) is 0 Å². The summed E-state index contributed by atoms with van der Waals surface area (Å²) in [5.74, 6) is -1.91. The van der Waals surface area contributed by atoms with Gasteiger partial charge in [-0.05, 0) is 29.3 Å². The van der Waals surface area contributed by atoms with E-state index >= 15 is 0 Å². The second-order valence-electron chi connectivity index (χ2n) is 5.95. The minimum absolute atomic E-state index is 0.0293. The normalized spacial score (nSPS) is 15.6. The summed E-state index contributed by atoms with van der Waals surface area (Å²) < 4.78 is 5.02. The van der Waals surface area contributed by atoms with Gasteiger partial charge >= 0.3 is 5.97 Å². The molecule has 0 saturated carbocycles. The molecule has 0 saturated heterocycles. The molecule has 3 rings (SSSR count). The molecule has 2 aromatic rings. The highest BCUT2D eigenvalue weighted by atomic mass is 16.5. The van der Waals surface area contributed by atoms with Gasteiger partial charge in [-0.1, -0.05) is 24.3 Å². The highest BCUT2D eigenvalue weighted by Crippen LogP contribution is 2.32. The molecule has 1 atom stereocenters. The van der Waals surface area contributed by atoms with E-state index in [1.54, 1.807) is 24.3 Å². The van der Waals surface area contributed by atoms with Gasteiger partial charge in [0, 0.05) is 18.7 Å². The molecular formula is C19H18N2O5. The molecule has 134 valence electrons. The number of para-hydroxylation sites is 1. The van der Waals surface area contributed by atoms with Gasteiger partial charge in [-0.3, -0.25) is 9.59 Å². The second-order valence-corrected chi connectivity index (χ2v) is 5.95. The summed E-state index contributed by atoms with van der Waals surface area (Å²) in [5.41, 5.74) is 2.07. The molecule has 0 aliphatic carbocycles. The van der Waals surface area contributed by atoms with Crippen LogP contribution in [0.3, 0.4) is 0 Å². The van der Waals surface area contributed by atoms with E-state index in [0.29, 0.717) is 11.3 Å². The van der Waals surface area contributed by atoms with E-state index in [1.165, 1.54) is 13.2 Å². The number of nitrogens with one attached hydrogen (secondary N) is 2. The zero-order valence-corrected chi connectivity index (χ0v) is 14.1. The van der Waals surface area contributed by atoms with Gasteiger partial charge in [0.15, 0.2) is 0 Å². The van der Waals surface area contributed by atoms with Crippen LogP contribution in [-0.2, 0) is 16.1 Å². The Bertz CT molecular complexity index is 878. The van der Waals surface area contributed by atoms with Crippen molar-refractivity contribution in [2.24, 2.45) is 0 Å². The fourth-order valence-corrected chi connectivity index (χ4v) is 2.99. The van der Waals surface area contributed by atoms with Crippen LogP contribution in [0.4, 0.5) is 5.69 Å². The monoisotopic (exact) mass is 354 g/mol. The minimum Gasteiger partial charge on any atom is -0.496 e. The molecule has 7 nitrogen and oxygen atoms in total. The van der Waals surface area contributed by atoms with Crippen molar-refractivity contribution in [1.29, 1.82) is 0 Å². The summed E-state index contributed by atoms with van der Waals surface area (Å²) in [6.07, 6.45) is 0.0752. The van der Waals surface area contributed by atoms with Gasteiger partial charge < -0.3 is 20.5 Å². The minimum atomic E-state index is -1.10. The number of carbonyl (C=O) groups excluding carboxylic acids is 2. The Labute approximate surface area is 150 Å². The fourth-order valence-electron chi connectivity index (χ4n) is 2.99. The van der Waals surface area contributed by atoms with Crippen LogP contribution in [0.5, 0.6) is 5.75 Å². The van der Waals surface area contributed by atoms with Gasteiger partial charge in [0.1, 0.15) is 11.3 Å². The number of methoxy groups -OCH3 is 1. The molecule has 3 N–H and O–H groups in total. The maximum absolute atomic E-state index is 12.6. The largest absolute Gasteiger partial charge is 0.496 e. The first-order valence-corrected chi connectivity index (χ1v) is 8.06. The number of fused-ring (bicyclic) bond motifs is 1. The molecule has 26 heavy (non-hydrogen) atoms. The molecule has 0 radical (unpaired) electrons. The van der Waals surface area contributed by atoms with Gasteiger partial charge in [0.2, 0.25) is 11.8 Å². The molecule has 7 heteroatoms. The summed E-state index contributed by atoms with van der Waals surface area (Å²) in [4.78, 5) is 35.7. The van der Waals surface area contributed by atoms with E-state index in [4.69, 9.17) is 4.74 Å². The Morgan fingerprint density at radius 2 is 2.04 bits per heavy atom. The van der Waals surface area contributed by atoms with E-state index in [2.05, 4.69) is 10.6 Å². The van der Waals surface area contributed by atoms with Crippen molar-refractivity contribution >= 4 is 23.5 Å². The van der Waals surface area contributed by atoms with Crippen LogP contribution < -0.4 is 15.4 Å². The van der Waals surface area contributed by atoms with Crippen LogP contribution in [0.15, 0.2) is 42.5 Å². The highest BCUT2D eigenvalue weighted by Gasteiger charge is 2.30. The van der Waals surface area contributed by atoms with E-state index in [0.717, 1.165) is 5.56 Å². The number of rotatable bonds is 5. The summed E-state index contributed by atoms with van der Waals surface area (Å²) in [6, 6.07) is 11.9. The maximum Gasteiger partial charge on any atom is 0.339 e. The fraction of sp³-hybridized carbons (Fsp3) is 0.211. The summed E-state index contributed by atoms with van der Waals surface area (Å²) in [6.45, 7) is 0.156. The van der Waals surface area contributed by atoms with Gasteiger partial charge in [0.05, 0.1) is 13.0 Å². The van der Waals surface area contributed by atoms with E-state index in [-0.39, 0.29) is 36.1 Å². The standard InChI is InChI=1S/C19H18N2O5/c1-26-16-7-6-11(8-14(16)19(24)25)10-20-18(23)13-9-17(22)21-15-5-3-2-4-12(13)15/h2-8,13H,9-10H2,1H3,(H,20,23)(H,21,22)(H,24,25)/t13-/m1/s1. The lowest BCUT2D eigenvalue weighted by Crippen LogP contribution is -2.34. The highest BCUT2D eigenvalue weighted by molar-refractivity contribution is 6.01. The first-order valence-electron chi connectivity index (χ1n) is 8.06. The number of amides is 2. The number of anilines is 1. The van der Waals surface area contributed by atoms with Crippen molar-refractivity contribution in [1.82, 2.24) is 5.32 Å². The van der Waals surface area contributed by atoms with E-state index in [9.17, 15) is 19.5 Å². The van der Waals surface area contributed by atoms with Crippen molar-refractivity contribution in [3.05, 3.63) is 59.2 Å². The average Bonchev–Trinajstić information content (AvgIpc) is 2.65. The lowest BCUT2D eigenvalue weighted by Gasteiger charge is -2.24. The average molecular weight is 354 g/mol. The molecule has 2 amide bonds. The predicted octanol–water partition coefficient (Wildman–Crippen LogP) is 2.14. The number of ether oxygens (including phenoxy) is 1. The van der Waals surface area contributed by atoms with Crippen molar-refractivity contribution in [2.75, 3.05) is 12.4 Å². The lowest BCUT2D eigenvalue weighted by atomic mass is 9.90. The molecule has 0 spiro atoms. The zero-order chi connectivity index (χ0) is 18.7. The Kier molecular flexibility index (Phi) is 4.88. The van der Waals surface area contributed by atoms with Crippen molar-refractivity contribution < 1.29 is 24.2 Å². The topological polar surface area (TPSA) is 105 Å². The van der Waals surface area contributed by atoms with Crippen molar-refractivity contribution in [2.45, 2.75) is 18.9 Å². The third-order valence-electron chi connectivity index (χ3n) is 4.28. The van der Waals surface area contributed by atoms with E-state index in [1.807, 2.05) is 12.1 Å². The number of hydrogen-bond acceptors (Lipinski definition) is 4. The zero-order valence-electron chi connectivity index (χ0n) is 14.1. The summed E-state index contributed by atoms with van der Waals surface area (Å²) >= 11 is 0. The molecule has 1 aliphatic heterocycles. The van der Waals surface area contributed by atoms with Gasteiger partial charge in [-0.25, -0.2) is 4.79 Å². The van der Waals surface area contributed by atoms with Gasteiger partial charge in [0.25, 0.3) is 0 Å². The smallest absolute Gasteiger partial charge is 0.339 e. The van der Waals surface area contributed by atoms with Crippen LogP contribution in [0.1, 0.15) is 33.8 Å². The third-order valence-corrected chi connectivity index (χ3v) is 4.28. The second kappa shape index (κ2) is 7.26. The van der Waals surface area contributed by atoms with Gasteiger partial charge in [-0.15, -0.1) is 0 Å². The summed E-state index contributed by atoms with van der Waals surface area (Å²) in [7, 11) is 1.40. The molecule has 0 aromatic heterocycles. The van der Waals surface area contributed by atoms with Crippen LogP contribution in [0.25, 0.3) is 0 Å². The molecule has 0 unspecified atom stereocenters. The number of hydrogen-bond donors (Lipinski definition) is 3.